The van der Waals surface area contributed by atoms with Crippen molar-refractivity contribution in [3.8, 4) is 11.5 Å². The Morgan fingerprint density at radius 3 is 2.43 bits per heavy atom. The summed E-state index contributed by atoms with van der Waals surface area (Å²) in [6, 6.07) is 26.8. The number of allylic oxidation sites excluding steroid dienone is 1. The summed E-state index contributed by atoms with van der Waals surface area (Å²) in [4.78, 5) is 36.4. The molecular weight excluding hydrogens is 868 g/mol. The molecule has 0 radical (unpaired) electrons. The van der Waals surface area contributed by atoms with Gasteiger partial charge in [-0.1, -0.05) is 72.6 Å². The first-order valence-corrected chi connectivity index (χ1v) is 23.8. The number of fused-ring (bicyclic) bond motifs is 2. The van der Waals surface area contributed by atoms with Gasteiger partial charge in [0.25, 0.3) is 5.69 Å². The van der Waals surface area contributed by atoms with Gasteiger partial charge in [0.2, 0.25) is 11.7 Å². The zero-order chi connectivity index (χ0) is 47.5. The van der Waals surface area contributed by atoms with Crippen molar-refractivity contribution >= 4 is 23.4 Å². The van der Waals surface area contributed by atoms with E-state index in [0.29, 0.717) is 47.8 Å². The molecule has 2 N–H and O–H groups in total. The predicted octanol–water partition coefficient (Wildman–Crippen LogP) is 9.00. The van der Waals surface area contributed by atoms with Crippen LogP contribution in [-0.2, 0) is 27.5 Å². The molecule has 4 aliphatic rings. The van der Waals surface area contributed by atoms with Crippen LogP contribution in [0.15, 0.2) is 133 Å². The van der Waals surface area contributed by atoms with Crippen LogP contribution in [0.4, 0.5) is 10.1 Å². The van der Waals surface area contributed by atoms with Crippen molar-refractivity contribution in [1.29, 1.82) is 0 Å². The highest BCUT2D eigenvalue weighted by Crippen LogP contribution is 2.62. The van der Waals surface area contributed by atoms with E-state index in [2.05, 4.69) is 23.6 Å². The number of aliphatic hydroxyl groups excluding tert-OH is 2. The van der Waals surface area contributed by atoms with Crippen LogP contribution in [0.25, 0.3) is 6.08 Å². The summed E-state index contributed by atoms with van der Waals surface area (Å²) in [5.74, 6) is -1.85. The van der Waals surface area contributed by atoms with Gasteiger partial charge in [-0.25, -0.2) is 4.39 Å². The van der Waals surface area contributed by atoms with Gasteiger partial charge in [0.15, 0.2) is 0 Å². The number of hydrogen-bond donors (Lipinski definition) is 2. The lowest BCUT2D eigenvalue weighted by atomic mass is 9.55. The smallest absolute Gasteiger partial charge is 0.269 e. The maximum Gasteiger partial charge on any atom is 0.269 e. The summed E-state index contributed by atoms with van der Waals surface area (Å²) in [6.07, 6.45) is 11.6. The number of oxime groups is 1. The number of non-ortho nitro benzene ring substituents is 1. The van der Waals surface area contributed by atoms with Crippen LogP contribution in [-0.4, -0.2) is 94.4 Å². The van der Waals surface area contributed by atoms with E-state index in [0.717, 1.165) is 62.0 Å². The van der Waals surface area contributed by atoms with Crippen molar-refractivity contribution in [3.63, 3.8) is 0 Å². The van der Waals surface area contributed by atoms with Gasteiger partial charge in [-0.15, -0.1) is 6.58 Å². The standard InChI is InChI=1S/C54H61FN4O9/c1-2-31-66-54-50(58(36-39-14-19-42(55)20-15-39)51(62)25-18-38-16-21-43(22-17-38)59(63)64)35-48(56-67-37-40-10-4-3-5-11-40)46-33-41(12-6-8-29-60)45(13-7-9-30-61)52(53(46)54)47-34-44(23-24-49(47)68-54)65-32-28-57-26-27-57/h2-5,10-11,14-25,33-34,41,45,50,52-53,60-61H,1,6-9,12-13,26-32,35-37H2/t41-,45+,50-,52+,53+,54+/m0/s1. The molecule has 6 atom stereocenters. The van der Waals surface area contributed by atoms with Gasteiger partial charge in [-0.05, 0) is 108 Å². The summed E-state index contributed by atoms with van der Waals surface area (Å²) in [6.45, 7) is 7.97. The molecule has 2 aliphatic carbocycles. The van der Waals surface area contributed by atoms with E-state index in [-0.39, 0.29) is 62.8 Å². The van der Waals surface area contributed by atoms with Crippen molar-refractivity contribution < 1.29 is 43.4 Å². The van der Waals surface area contributed by atoms with Crippen LogP contribution in [0.3, 0.4) is 0 Å². The minimum absolute atomic E-state index is 0.00435. The van der Waals surface area contributed by atoms with Gasteiger partial charge in [-0.2, -0.15) is 0 Å². The number of nitro groups is 1. The number of nitro benzene ring substituents is 1. The predicted molar refractivity (Wildman–Crippen MR) is 257 cm³/mol. The summed E-state index contributed by atoms with van der Waals surface area (Å²) in [5, 5.41) is 36.4. The molecule has 2 heterocycles. The molecule has 13 nitrogen and oxygen atoms in total. The molecule has 1 saturated carbocycles. The fraction of sp³-hybridized carbons (Fsp3) is 0.407. The molecular formula is C54H61FN4O9. The third-order valence-electron chi connectivity index (χ3n) is 13.6. The molecule has 1 amide bonds. The van der Waals surface area contributed by atoms with Crippen LogP contribution >= 0.6 is 0 Å². The Morgan fingerprint density at radius 1 is 0.971 bits per heavy atom. The Kier molecular flexibility index (Phi) is 16.1. The maximum atomic E-state index is 15.2. The second-order valence-electron chi connectivity index (χ2n) is 18.0. The van der Waals surface area contributed by atoms with E-state index in [9.17, 15) is 24.7 Å². The molecule has 0 unspecified atom stereocenters. The van der Waals surface area contributed by atoms with Gasteiger partial charge >= 0.3 is 0 Å². The molecule has 4 aromatic rings. The highest BCUT2D eigenvalue weighted by atomic mass is 19.1. The van der Waals surface area contributed by atoms with E-state index in [1.807, 2.05) is 42.5 Å². The van der Waals surface area contributed by atoms with Crippen molar-refractivity contribution in [3.05, 3.63) is 166 Å². The van der Waals surface area contributed by atoms with E-state index in [1.54, 1.807) is 41.3 Å². The number of halogens is 1. The van der Waals surface area contributed by atoms with Crippen molar-refractivity contribution in [2.75, 3.05) is 46.1 Å². The second-order valence-corrected chi connectivity index (χ2v) is 18.0. The van der Waals surface area contributed by atoms with Gasteiger partial charge < -0.3 is 34.2 Å². The van der Waals surface area contributed by atoms with E-state index < -0.39 is 34.4 Å². The van der Waals surface area contributed by atoms with Gasteiger partial charge in [0.05, 0.1) is 23.2 Å². The number of carbonyl (C=O) groups excluding carboxylic acids is 1. The van der Waals surface area contributed by atoms with E-state index >= 15 is 4.79 Å². The topological polar surface area (TPSA) is 156 Å². The minimum atomic E-state index is -1.54. The first kappa shape index (κ1) is 48.3. The SMILES string of the molecule is C=CCO[C@@]12Oc3ccc(OCCN4CC4)cc3[C@H]3[C@H](CCCCO)[C@@H](CCCCO)C=C(C(=NOCc4ccccc4)C[C@@H]1N(Cc1ccc(F)cc1)C(=O)C=Cc1ccc([N+](=O)[O-])cc1)[C@H]32. The second kappa shape index (κ2) is 22.7. The number of unbranched alkanes of at least 4 members (excludes halogenated alkanes) is 2. The molecule has 8 rings (SSSR count). The zero-order valence-corrected chi connectivity index (χ0v) is 38.4. The Balaban J connectivity index is 1.31. The molecule has 1 saturated heterocycles. The van der Waals surface area contributed by atoms with Gasteiger partial charge in [-0.3, -0.25) is 19.8 Å². The zero-order valence-electron chi connectivity index (χ0n) is 38.4. The molecule has 2 fully saturated rings. The number of carbonyl (C=O) groups is 1. The molecule has 2 aliphatic heterocycles. The van der Waals surface area contributed by atoms with Gasteiger partial charge in [0, 0.05) is 75.5 Å². The summed E-state index contributed by atoms with van der Waals surface area (Å²) in [5.41, 5.74) is 4.57. The van der Waals surface area contributed by atoms with Crippen LogP contribution in [0.1, 0.15) is 73.1 Å². The van der Waals surface area contributed by atoms with Crippen LogP contribution in [0, 0.1) is 33.7 Å². The number of benzene rings is 4. The quantitative estimate of drug-likeness (QED) is 0.0174. The van der Waals surface area contributed by atoms with E-state index in [4.69, 9.17) is 24.2 Å². The molecule has 358 valence electrons. The van der Waals surface area contributed by atoms with Crippen LogP contribution in [0.2, 0.25) is 0 Å². The number of nitrogens with zero attached hydrogens (tertiary/aromatic N) is 4. The Bertz CT molecular complexity index is 2440. The molecule has 0 bridgehead atoms. The lowest BCUT2D eigenvalue weighted by Crippen LogP contribution is -2.70. The largest absolute Gasteiger partial charge is 0.492 e. The minimum Gasteiger partial charge on any atom is -0.492 e. The number of aliphatic hydroxyl groups is 2. The summed E-state index contributed by atoms with van der Waals surface area (Å²) < 4.78 is 35.4. The van der Waals surface area contributed by atoms with Crippen molar-refractivity contribution in [1.82, 2.24) is 9.80 Å². The van der Waals surface area contributed by atoms with Crippen molar-refractivity contribution in [2.24, 2.45) is 22.9 Å². The first-order chi connectivity index (χ1) is 33.2. The average Bonchev–Trinajstić information content (AvgIpc) is 4.19. The highest BCUT2D eigenvalue weighted by Gasteiger charge is 2.65. The summed E-state index contributed by atoms with van der Waals surface area (Å²) >= 11 is 0. The Morgan fingerprint density at radius 2 is 1.72 bits per heavy atom. The molecule has 4 aromatic carbocycles. The number of rotatable bonds is 24. The highest BCUT2D eigenvalue weighted by molar-refractivity contribution is 6.03. The fourth-order valence-electron chi connectivity index (χ4n) is 10.2. The van der Waals surface area contributed by atoms with Crippen molar-refractivity contribution in [2.45, 2.75) is 75.8 Å². The Labute approximate surface area is 397 Å². The van der Waals surface area contributed by atoms with Crippen LogP contribution < -0.4 is 9.47 Å². The first-order valence-electron chi connectivity index (χ1n) is 23.8. The Hall–Kier alpha value is -6.19. The molecule has 14 heteroatoms. The summed E-state index contributed by atoms with van der Waals surface area (Å²) in [7, 11) is 0. The number of hydrogen-bond acceptors (Lipinski definition) is 11. The monoisotopic (exact) mass is 928 g/mol. The molecule has 0 aromatic heterocycles. The third kappa shape index (κ3) is 11.4. The normalized spacial score (nSPS) is 23.2. The number of ether oxygens (including phenoxy) is 3. The van der Waals surface area contributed by atoms with Gasteiger partial charge in [0.1, 0.15) is 36.6 Å². The lowest BCUT2D eigenvalue weighted by Gasteiger charge is -2.60. The maximum absolute atomic E-state index is 15.2. The van der Waals surface area contributed by atoms with E-state index in [1.165, 1.54) is 30.3 Å². The lowest BCUT2D eigenvalue weighted by molar-refractivity contribution is -0.384. The van der Waals surface area contributed by atoms with Crippen LogP contribution in [0.5, 0.6) is 11.5 Å². The molecule has 68 heavy (non-hydrogen) atoms. The average molecular weight is 929 g/mol. The number of amides is 1. The molecule has 0 spiro atoms. The fourth-order valence-corrected chi connectivity index (χ4v) is 10.2. The third-order valence-corrected chi connectivity index (χ3v) is 13.6.